The van der Waals surface area contributed by atoms with Gasteiger partial charge in [-0.15, -0.1) is 0 Å². The van der Waals surface area contributed by atoms with E-state index in [1.54, 1.807) is 13.8 Å². The van der Waals surface area contributed by atoms with Gasteiger partial charge in [0.2, 0.25) is 0 Å². The molecule has 0 spiro atoms. The monoisotopic (exact) mass is 251 g/mol. The average molecular weight is 251 g/mol. The Balaban J connectivity index is 2.41. The van der Waals surface area contributed by atoms with E-state index < -0.39 is 0 Å². The highest BCUT2D eigenvalue weighted by Gasteiger charge is 2.06. The maximum atomic E-state index is 11.3. The summed E-state index contributed by atoms with van der Waals surface area (Å²) < 4.78 is 10.3. The van der Waals surface area contributed by atoms with E-state index in [4.69, 9.17) is 15.2 Å². The predicted molar refractivity (Wildman–Crippen MR) is 70.5 cm³/mol. The van der Waals surface area contributed by atoms with E-state index in [2.05, 4.69) is 0 Å². The standard InChI is InChI=1S/C14H21NO3/c1-10(2)18-14(16)9-17-13-6-4-12(5-7-13)8-11(3)15/h4-7,10-11H,8-9,15H2,1-3H3. The van der Waals surface area contributed by atoms with E-state index >= 15 is 0 Å². The number of esters is 1. The molecule has 0 amide bonds. The molecule has 0 bridgehead atoms. The van der Waals surface area contributed by atoms with Crippen molar-refractivity contribution in [1.82, 2.24) is 0 Å². The second kappa shape index (κ2) is 7.01. The molecule has 4 nitrogen and oxygen atoms in total. The molecule has 1 rings (SSSR count). The highest BCUT2D eigenvalue weighted by molar-refractivity contribution is 5.71. The Bertz CT molecular complexity index is 371. The average Bonchev–Trinajstić information content (AvgIpc) is 2.26. The molecule has 18 heavy (non-hydrogen) atoms. The van der Waals surface area contributed by atoms with Crippen LogP contribution < -0.4 is 10.5 Å². The molecule has 0 fully saturated rings. The zero-order valence-electron chi connectivity index (χ0n) is 11.2. The van der Waals surface area contributed by atoms with Crippen molar-refractivity contribution in [2.45, 2.75) is 39.3 Å². The van der Waals surface area contributed by atoms with Crippen LogP contribution in [0.4, 0.5) is 0 Å². The fourth-order valence-corrected chi connectivity index (χ4v) is 1.53. The van der Waals surface area contributed by atoms with Crippen LogP contribution >= 0.6 is 0 Å². The van der Waals surface area contributed by atoms with Crippen molar-refractivity contribution in [3.05, 3.63) is 29.8 Å². The van der Waals surface area contributed by atoms with Crippen molar-refractivity contribution in [1.29, 1.82) is 0 Å². The number of carbonyl (C=O) groups is 1. The SMILES string of the molecule is CC(N)Cc1ccc(OCC(=O)OC(C)C)cc1. The number of ether oxygens (including phenoxy) is 2. The van der Waals surface area contributed by atoms with Gasteiger partial charge >= 0.3 is 5.97 Å². The lowest BCUT2D eigenvalue weighted by molar-refractivity contribution is -0.149. The molecule has 0 saturated carbocycles. The smallest absolute Gasteiger partial charge is 0.344 e. The molecule has 1 aromatic carbocycles. The molecule has 1 atom stereocenters. The van der Waals surface area contributed by atoms with Crippen LogP contribution in [0.2, 0.25) is 0 Å². The van der Waals surface area contributed by atoms with Gasteiger partial charge in [-0.2, -0.15) is 0 Å². The van der Waals surface area contributed by atoms with E-state index in [0.29, 0.717) is 5.75 Å². The van der Waals surface area contributed by atoms with Crippen LogP contribution in [-0.4, -0.2) is 24.7 Å². The number of hydrogen-bond donors (Lipinski definition) is 1. The van der Waals surface area contributed by atoms with Crippen molar-refractivity contribution in [2.24, 2.45) is 5.73 Å². The molecular formula is C14H21NO3. The van der Waals surface area contributed by atoms with Gasteiger partial charge in [-0.25, -0.2) is 4.79 Å². The molecule has 0 radical (unpaired) electrons. The minimum absolute atomic E-state index is 0.0647. The third kappa shape index (κ3) is 5.68. The van der Waals surface area contributed by atoms with E-state index in [-0.39, 0.29) is 24.7 Å². The molecule has 100 valence electrons. The second-order valence-electron chi connectivity index (χ2n) is 4.65. The first-order chi connectivity index (χ1) is 8.47. The van der Waals surface area contributed by atoms with E-state index in [1.807, 2.05) is 31.2 Å². The van der Waals surface area contributed by atoms with Gasteiger partial charge < -0.3 is 15.2 Å². The van der Waals surface area contributed by atoms with Crippen molar-refractivity contribution >= 4 is 5.97 Å². The second-order valence-corrected chi connectivity index (χ2v) is 4.65. The highest BCUT2D eigenvalue weighted by Crippen LogP contribution is 2.13. The molecule has 1 unspecified atom stereocenters. The Morgan fingerprint density at radius 1 is 1.22 bits per heavy atom. The lowest BCUT2D eigenvalue weighted by Gasteiger charge is -2.10. The number of hydrogen-bond acceptors (Lipinski definition) is 4. The van der Waals surface area contributed by atoms with Crippen LogP contribution in [0.5, 0.6) is 5.75 Å². The summed E-state index contributed by atoms with van der Waals surface area (Å²) in [6.07, 6.45) is 0.713. The fraction of sp³-hybridized carbons (Fsp3) is 0.500. The van der Waals surface area contributed by atoms with Gasteiger partial charge in [0.05, 0.1) is 6.10 Å². The topological polar surface area (TPSA) is 61.5 Å². The lowest BCUT2D eigenvalue weighted by atomic mass is 10.1. The Kier molecular flexibility index (Phi) is 5.65. The molecule has 0 saturated heterocycles. The Hall–Kier alpha value is -1.55. The highest BCUT2D eigenvalue weighted by atomic mass is 16.6. The summed E-state index contributed by atoms with van der Waals surface area (Å²) in [5.74, 6) is 0.300. The Morgan fingerprint density at radius 2 is 1.83 bits per heavy atom. The molecule has 4 heteroatoms. The van der Waals surface area contributed by atoms with Gasteiger partial charge in [0, 0.05) is 6.04 Å². The zero-order valence-corrected chi connectivity index (χ0v) is 11.2. The van der Waals surface area contributed by atoms with E-state index in [0.717, 1.165) is 12.0 Å². The molecule has 0 aromatic heterocycles. The minimum Gasteiger partial charge on any atom is -0.482 e. The molecule has 0 heterocycles. The summed E-state index contributed by atoms with van der Waals surface area (Å²) in [6.45, 7) is 5.51. The van der Waals surface area contributed by atoms with Crippen LogP contribution in [0.1, 0.15) is 26.3 Å². The van der Waals surface area contributed by atoms with Gasteiger partial charge in [0.15, 0.2) is 6.61 Å². The number of nitrogens with two attached hydrogens (primary N) is 1. The molecule has 0 aliphatic heterocycles. The third-order valence-corrected chi connectivity index (χ3v) is 2.20. The van der Waals surface area contributed by atoms with Crippen LogP contribution in [0, 0.1) is 0 Å². The largest absolute Gasteiger partial charge is 0.482 e. The van der Waals surface area contributed by atoms with E-state index in [9.17, 15) is 4.79 Å². The normalized spacial score (nSPS) is 12.3. The summed E-state index contributed by atoms with van der Waals surface area (Å²) >= 11 is 0. The van der Waals surface area contributed by atoms with Crippen molar-refractivity contribution in [2.75, 3.05) is 6.61 Å². The van der Waals surface area contributed by atoms with Crippen molar-refractivity contribution in [3.63, 3.8) is 0 Å². The quantitative estimate of drug-likeness (QED) is 0.784. The third-order valence-electron chi connectivity index (χ3n) is 2.20. The zero-order chi connectivity index (χ0) is 13.5. The molecule has 0 aliphatic carbocycles. The number of rotatable bonds is 6. The Labute approximate surface area is 108 Å². The lowest BCUT2D eigenvalue weighted by Crippen LogP contribution is -2.19. The molecular weight excluding hydrogens is 230 g/mol. The van der Waals surface area contributed by atoms with Gasteiger partial charge in [-0.3, -0.25) is 0 Å². The number of carbonyl (C=O) groups excluding carboxylic acids is 1. The Morgan fingerprint density at radius 3 is 2.33 bits per heavy atom. The van der Waals surface area contributed by atoms with Crippen molar-refractivity contribution < 1.29 is 14.3 Å². The first kappa shape index (κ1) is 14.5. The van der Waals surface area contributed by atoms with Crippen molar-refractivity contribution in [3.8, 4) is 5.75 Å². The molecule has 1 aromatic rings. The summed E-state index contributed by atoms with van der Waals surface area (Å²) in [5.41, 5.74) is 6.87. The predicted octanol–water partition coefficient (Wildman–Crippen LogP) is 1.91. The molecule has 0 aliphatic rings. The van der Waals surface area contributed by atoms with Gasteiger partial charge in [0.25, 0.3) is 0 Å². The fourth-order valence-electron chi connectivity index (χ4n) is 1.53. The summed E-state index contributed by atoms with van der Waals surface area (Å²) in [4.78, 5) is 11.3. The minimum atomic E-state index is -0.357. The van der Waals surface area contributed by atoms with Gasteiger partial charge in [0.1, 0.15) is 5.75 Å². The maximum Gasteiger partial charge on any atom is 0.344 e. The van der Waals surface area contributed by atoms with Gasteiger partial charge in [-0.1, -0.05) is 12.1 Å². The van der Waals surface area contributed by atoms with Gasteiger partial charge in [-0.05, 0) is 44.9 Å². The summed E-state index contributed by atoms with van der Waals surface area (Å²) in [7, 11) is 0. The summed E-state index contributed by atoms with van der Waals surface area (Å²) in [5, 5.41) is 0. The molecule has 2 N–H and O–H groups in total. The summed E-state index contributed by atoms with van der Waals surface area (Å²) in [6, 6.07) is 7.71. The first-order valence-electron chi connectivity index (χ1n) is 6.14. The van der Waals surface area contributed by atoms with Crippen LogP contribution in [0.3, 0.4) is 0 Å². The first-order valence-corrected chi connectivity index (χ1v) is 6.14. The van der Waals surface area contributed by atoms with Crippen LogP contribution in [0.25, 0.3) is 0 Å². The van der Waals surface area contributed by atoms with Crippen LogP contribution in [-0.2, 0) is 16.0 Å². The van der Waals surface area contributed by atoms with Crippen LogP contribution in [0.15, 0.2) is 24.3 Å². The number of benzene rings is 1. The van der Waals surface area contributed by atoms with E-state index in [1.165, 1.54) is 0 Å². The maximum absolute atomic E-state index is 11.3.